The maximum atomic E-state index is 11.7. The maximum absolute atomic E-state index is 11.7. The number of hydrogen-bond donors (Lipinski definition) is 0. The second kappa shape index (κ2) is 7.22. The molecule has 0 radical (unpaired) electrons. The third-order valence-corrected chi connectivity index (χ3v) is 2.57. The fourth-order valence-corrected chi connectivity index (χ4v) is 1.69. The van der Waals surface area contributed by atoms with Crippen molar-refractivity contribution in [2.45, 2.75) is 46.6 Å². The zero-order valence-corrected chi connectivity index (χ0v) is 11.0. The van der Waals surface area contributed by atoms with Crippen molar-refractivity contribution in [3.8, 4) is 0 Å². The minimum Gasteiger partial charge on any atom is -0.374 e. The Morgan fingerprint density at radius 1 is 1.41 bits per heavy atom. The van der Waals surface area contributed by atoms with Crippen LogP contribution in [0.15, 0.2) is 6.07 Å². The van der Waals surface area contributed by atoms with Gasteiger partial charge in [0.05, 0.1) is 12.1 Å². The molecule has 96 valence electrons. The van der Waals surface area contributed by atoms with Gasteiger partial charge < -0.3 is 4.74 Å². The monoisotopic (exact) mass is 238 g/mol. The molecule has 17 heavy (non-hydrogen) atoms. The van der Waals surface area contributed by atoms with Crippen molar-refractivity contribution in [1.29, 1.82) is 0 Å². The van der Waals surface area contributed by atoms with E-state index >= 15 is 0 Å². The Kier molecular flexibility index (Phi) is 5.91. The van der Waals surface area contributed by atoms with Crippen LogP contribution in [0.5, 0.6) is 0 Å². The molecule has 0 aliphatic carbocycles. The molecule has 0 amide bonds. The van der Waals surface area contributed by atoms with Crippen LogP contribution in [-0.4, -0.2) is 28.8 Å². The normalized spacial score (nSPS) is 10.8. The average Bonchev–Trinajstić information content (AvgIpc) is 2.71. The highest BCUT2D eigenvalue weighted by atomic mass is 16.5. The minimum atomic E-state index is 0.121. The molecule has 0 N–H and O–H groups in total. The van der Waals surface area contributed by atoms with E-state index in [9.17, 15) is 4.79 Å². The highest BCUT2D eigenvalue weighted by Gasteiger charge is 2.10. The predicted octanol–water partition coefficient (Wildman–Crippen LogP) is 2.00. The van der Waals surface area contributed by atoms with Gasteiger partial charge in [-0.05, 0) is 25.8 Å². The number of nitrogens with zero attached hydrogens (tertiary/aromatic N) is 2. The van der Waals surface area contributed by atoms with Crippen LogP contribution in [0.25, 0.3) is 0 Å². The lowest BCUT2D eigenvalue weighted by atomic mass is 10.2. The lowest BCUT2D eigenvalue weighted by molar-refractivity contribution is -0.123. The topological polar surface area (TPSA) is 44.1 Å². The molecule has 0 atom stereocenters. The van der Waals surface area contributed by atoms with Gasteiger partial charge in [-0.3, -0.25) is 9.48 Å². The van der Waals surface area contributed by atoms with E-state index in [-0.39, 0.29) is 12.4 Å². The molecule has 0 spiro atoms. The zero-order valence-electron chi connectivity index (χ0n) is 11.0. The first-order valence-electron chi connectivity index (χ1n) is 6.36. The summed E-state index contributed by atoms with van der Waals surface area (Å²) in [6.45, 7) is 7.80. The van der Waals surface area contributed by atoms with Crippen LogP contribution >= 0.6 is 0 Å². The van der Waals surface area contributed by atoms with Gasteiger partial charge in [-0.15, -0.1) is 0 Å². The summed E-state index contributed by atoms with van der Waals surface area (Å²) in [6, 6.07) is 2.02. The molecule has 0 aromatic carbocycles. The van der Waals surface area contributed by atoms with Gasteiger partial charge in [0.2, 0.25) is 0 Å². The van der Waals surface area contributed by atoms with Crippen LogP contribution in [0.3, 0.4) is 0 Å². The number of aromatic nitrogens is 2. The minimum absolute atomic E-state index is 0.121. The van der Waals surface area contributed by atoms with Gasteiger partial charge in [0.25, 0.3) is 0 Å². The van der Waals surface area contributed by atoms with E-state index in [0.717, 1.165) is 30.8 Å². The van der Waals surface area contributed by atoms with Crippen LogP contribution < -0.4 is 0 Å². The number of hydrogen-bond acceptors (Lipinski definition) is 3. The number of carbonyl (C=O) groups is 1. The summed E-state index contributed by atoms with van der Waals surface area (Å²) in [4.78, 5) is 11.7. The zero-order chi connectivity index (χ0) is 12.7. The van der Waals surface area contributed by atoms with Crippen LogP contribution in [0.4, 0.5) is 0 Å². The fourth-order valence-electron chi connectivity index (χ4n) is 1.69. The van der Waals surface area contributed by atoms with E-state index in [1.807, 2.05) is 24.6 Å². The highest BCUT2D eigenvalue weighted by molar-refractivity contribution is 5.81. The summed E-state index contributed by atoms with van der Waals surface area (Å²) in [7, 11) is 0. The van der Waals surface area contributed by atoms with Crippen molar-refractivity contribution in [2.75, 3.05) is 13.2 Å². The first-order chi connectivity index (χ1) is 8.21. The molecule has 1 heterocycles. The standard InChI is InChI=1S/C13H22N2O2/c1-4-7-17-10-13(16)9-12-8-11(5-2)14-15(12)6-3/h8H,4-7,9-10H2,1-3H3. The van der Waals surface area contributed by atoms with E-state index in [0.29, 0.717) is 13.0 Å². The smallest absolute Gasteiger partial charge is 0.164 e. The summed E-state index contributed by atoms with van der Waals surface area (Å²) in [6.07, 6.45) is 2.27. The number of aryl methyl sites for hydroxylation is 2. The van der Waals surface area contributed by atoms with Crippen LogP contribution in [0, 0.1) is 0 Å². The Labute approximate surface area is 103 Å². The van der Waals surface area contributed by atoms with Crippen LogP contribution in [0.2, 0.25) is 0 Å². The number of rotatable bonds is 8. The van der Waals surface area contributed by atoms with Crippen LogP contribution in [-0.2, 0) is 28.9 Å². The molecule has 0 unspecified atom stereocenters. The molecule has 1 aromatic heterocycles. The lowest BCUT2D eigenvalue weighted by Crippen LogP contribution is -2.14. The Morgan fingerprint density at radius 3 is 2.76 bits per heavy atom. The van der Waals surface area contributed by atoms with E-state index < -0.39 is 0 Å². The van der Waals surface area contributed by atoms with Gasteiger partial charge in [0.1, 0.15) is 6.61 Å². The molecule has 0 fully saturated rings. The second-order valence-corrected chi connectivity index (χ2v) is 4.06. The largest absolute Gasteiger partial charge is 0.374 e. The number of carbonyl (C=O) groups excluding carboxylic acids is 1. The number of Topliss-reactive ketones (excluding diaryl/α,β-unsaturated/α-hetero) is 1. The lowest BCUT2D eigenvalue weighted by Gasteiger charge is -2.04. The van der Waals surface area contributed by atoms with Crippen molar-refractivity contribution >= 4 is 5.78 Å². The number of ether oxygens (including phenoxy) is 1. The summed E-state index contributed by atoms with van der Waals surface area (Å²) in [5, 5.41) is 4.42. The summed E-state index contributed by atoms with van der Waals surface area (Å²) >= 11 is 0. The third-order valence-electron chi connectivity index (χ3n) is 2.57. The molecule has 4 nitrogen and oxygen atoms in total. The van der Waals surface area contributed by atoms with Gasteiger partial charge in [0.15, 0.2) is 5.78 Å². The highest BCUT2D eigenvalue weighted by Crippen LogP contribution is 2.07. The molecule has 1 aromatic rings. The first kappa shape index (κ1) is 13.9. The molecule has 0 saturated carbocycles. The Balaban J connectivity index is 2.54. The molecule has 4 heteroatoms. The maximum Gasteiger partial charge on any atom is 0.164 e. The van der Waals surface area contributed by atoms with Crippen LogP contribution in [0.1, 0.15) is 38.6 Å². The van der Waals surface area contributed by atoms with Crippen molar-refractivity contribution in [3.63, 3.8) is 0 Å². The predicted molar refractivity (Wildman–Crippen MR) is 67.1 cm³/mol. The number of ketones is 1. The molecule has 0 aliphatic heterocycles. The fraction of sp³-hybridized carbons (Fsp3) is 0.692. The van der Waals surface area contributed by atoms with E-state index in [1.165, 1.54) is 0 Å². The first-order valence-corrected chi connectivity index (χ1v) is 6.36. The van der Waals surface area contributed by atoms with E-state index in [1.54, 1.807) is 0 Å². The molecular weight excluding hydrogens is 216 g/mol. The van der Waals surface area contributed by atoms with Gasteiger partial charge in [0, 0.05) is 18.8 Å². The summed E-state index contributed by atoms with van der Waals surface area (Å²) in [5.74, 6) is 0.121. The van der Waals surface area contributed by atoms with Crippen molar-refractivity contribution in [1.82, 2.24) is 9.78 Å². The molecular formula is C13H22N2O2. The van der Waals surface area contributed by atoms with Crippen molar-refractivity contribution < 1.29 is 9.53 Å². The van der Waals surface area contributed by atoms with E-state index in [2.05, 4.69) is 12.0 Å². The molecule has 0 bridgehead atoms. The second-order valence-electron chi connectivity index (χ2n) is 4.06. The van der Waals surface area contributed by atoms with Gasteiger partial charge in [-0.1, -0.05) is 13.8 Å². The third kappa shape index (κ3) is 4.30. The Hall–Kier alpha value is -1.16. The van der Waals surface area contributed by atoms with Crippen molar-refractivity contribution in [2.24, 2.45) is 0 Å². The van der Waals surface area contributed by atoms with Gasteiger partial charge in [-0.2, -0.15) is 5.10 Å². The Bertz CT molecular complexity index is 358. The van der Waals surface area contributed by atoms with Crippen molar-refractivity contribution in [3.05, 3.63) is 17.5 Å². The Morgan fingerprint density at radius 2 is 2.18 bits per heavy atom. The molecule has 0 saturated heterocycles. The van der Waals surface area contributed by atoms with Gasteiger partial charge >= 0.3 is 0 Å². The van der Waals surface area contributed by atoms with Gasteiger partial charge in [-0.25, -0.2) is 0 Å². The van der Waals surface area contributed by atoms with E-state index in [4.69, 9.17) is 4.74 Å². The summed E-state index contributed by atoms with van der Waals surface area (Å²) in [5.41, 5.74) is 2.04. The SMILES string of the molecule is CCCOCC(=O)Cc1cc(CC)nn1CC. The summed E-state index contributed by atoms with van der Waals surface area (Å²) < 4.78 is 7.14. The molecule has 0 aliphatic rings. The molecule has 1 rings (SSSR count). The average molecular weight is 238 g/mol. The quantitative estimate of drug-likeness (QED) is 0.651.